The van der Waals surface area contributed by atoms with Crippen molar-refractivity contribution in [3.63, 3.8) is 0 Å². The molecular weight excluding hydrogens is 372 g/mol. The van der Waals surface area contributed by atoms with Gasteiger partial charge in [-0.05, 0) is 66.9 Å². The zero-order valence-corrected chi connectivity index (χ0v) is 16.5. The summed E-state index contributed by atoms with van der Waals surface area (Å²) in [6.45, 7) is 3.86. The Kier molecular flexibility index (Phi) is 6.45. The SMILES string of the molecule is Cc1cccc(NC(=O)COc2cccc(C=Nc3ccc(C)c(Cl)c3)c2)c1. The highest BCUT2D eigenvalue weighted by molar-refractivity contribution is 6.31. The summed E-state index contributed by atoms with van der Waals surface area (Å²) in [6.07, 6.45) is 1.74. The second-order valence-electron chi connectivity index (χ2n) is 6.47. The van der Waals surface area contributed by atoms with E-state index in [1.54, 1.807) is 12.3 Å². The quantitative estimate of drug-likeness (QED) is 0.545. The number of nitrogens with one attached hydrogen (secondary N) is 1. The van der Waals surface area contributed by atoms with Crippen LogP contribution in [-0.4, -0.2) is 18.7 Å². The zero-order valence-electron chi connectivity index (χ0n) is 15.8. The minimum absolute atomic E-state index is 0.0674. The molecule has 0 fully saturated rings. The number of anilines is 1. The molecule has 1 N–H and O–H groups in total. The molecule has 0 saturated heterocycles. The fraction of sp³-hybridized carbons (Fsp3) is 0.130. The summed E-state index contributed by atoms with van der Waals surface area (Å²) >= 11 is 6.13. The molecule has 0 aliphatic rings. The fourth-order valence-corrected chi connectivity index (χ4v) is 2.74. The molecule has 0 unspecified atom stereocenters. The Morgan fingerprint density at radius 3 is 2.68 bits per heavy atom. The van der Waals surface area contributed by atoms with Crippen LogP contribution in [0.1, 0.15) is 16.7 Å². The first-order chi connectivity index (χ1) is 13.5. The Hall–Kier alpha value is -3.11. The van der Waals surface area contributed by atoms with Crippen molar-refractivity contribution in [2.45, 2.75) is 13.8 Å². The van der Waals surface area contributed by atoms with Gasteiger partial charge in [-0.2, -0.15) is 0 Å². The Morgan fingerprint density at radius 2 is 1.89 bits per heavy atom. The van der Waals surface area contributed by atoms with Gasteiger partial charge in [-0.25, -0.2) is 0 Å². The highest BCUT2D eigenvalue weighted by atomic mass is 35.5. The van der Waals surface area contributed by atoms with Crippen molar-refractivity contribution in [1.29, 1.82) is 0 Å². The van der Waals surface area contributed by atoms with Crippen molar-refractivity contribution < 1.29 is 9.53 Å². The van der Waals surface area contributed by atoms with Crippen LogP contribution in [0.3, 0.4) is 0 Å². The van der Waals surface area contributed by atoms with E-state index in [-0.39, 0.29) is 12.5 Å². The molecule has 3 aromatic rings. The molecule has 4 nitrogen and oxygen atoms in total. The number of amides is 1. The summed E-state index contributed by atoms with van der Waals surface area (Å²) < 4.78 is 5.60. The third kappa shape index (κ3) is 5.69. The number of carbonyl (C=O) groups excluding carboxylic acids is 1. The van der Waals surface area contributed by atoms with E-state index in [4.69, 9.17) is 16.3 Å². The van der Waals surface area contributed by atoms with E-state index in [0.717, 1.165) is 28.1 Å². The number of nitrogens with zero attached hydrogens (tertiary/aromatic N) is 1. The maximum absolute atomic E-state index is 12.1. The molecule has 0 bridgehead atoms. The van der Waals surface area contributed by atoms with E-state index in [9.17, 15) is 4.79 Å². The van der Waals surface area contributed by atoms with Gasteiger partial charge in [-0.15, -0.1) is 0 Å². The Bertz CT molecular complexity index is 1010. The van der Waals surface area contributed by atoms with Gasteiger partial charge in [0.2, 0.25) is 0 Å². The van der Waals surface area contributed by atoms with Gasteiger partial charge in [-0.1, -0.05) is 41.9 Å². The Morgan fingerprint density at radius 1 is 1.07 bits per heavy atom. The lowest BCUT2D eigenvalue weighted by atomic mass is 10.2. The summed E-state index contributed by atoms with van der Waals surface area (Å²) in [4.78, 5) is 16.5. The van der Waals surface area contributed by atoms with Crippen molar-refractivity contribution in [1.82, 2.24) is 0 Å². The average Bonchev–Trinajstić information content (AvgIpc) is 2.68. The number of aryl methyl sites for hydroxylation is 2. The van der Waals surface area contributed by atoms with E-state index in [1.807, 2.05) is 74.5 Å². The monoisotopic (exact) mass is 392 g/mol. The van der Waals surface area contributed by atoms with Gasteiger partial charge in [0.15, 0.2) is 6.61 Å². The van der Waals surface area contributed by atoms with Gasteiger partial charge in [0.1, 0.15) is 5.75 Å². The van der Waals surface area contributed by atoms with Crippen LogP contribution in [0.25, 0.3) is 0 Å². The zero-order chi connectivity index (χ0) is 19.9. The molecule has 1 amide bonds. The van der Waals surface area contributed by atoms with E-state index >= 15 is 0 Å². The van der Waals surface area contributed by atoms with Crippen LogP contribution in [0.5, 0.6) is 5.75 Å². The molecule has 0 aliphatic heterocycles. The topological polar surface area (TPSA) is 50.7 Å². The summed E-state index contributed by atoms with van der Waals surface area (Å²) in [5.41, 5.74) is 4.50. The predicted molar refractivity (Wildman–Crippen MR) is 115 cm³/mol. The van der Waals surface area contributed by atoms with Gasteiger partial charge in [0.05, 0.1) is 5.69 Å². The van der Waals surface area contributed by atoms with Crippen LogP contribution in [-0.2, 0) is 4.79 Å². The van der Waals surface area contributed by atoms with Gasteiger partial charge >= 0.3 is 0 Å². The van der Waals surface area contributed by atoms with Crippen LogP contribution in [0.15, 0.2) is 71.7 Å². The highest BCUT2D eigenvalue weighted by Gasteiger charge is 2.04. The molecule has 28 heavy (non-hydrogen) atoms. The molecule has 0 radical (unpaired) electrons. The first-order valence-corrected chi connectivity index (χ1v) is 9.27. The third-order valence-corrected chi connectivity index (χ3v) is 4.46. The van der Waals surface area contributed by atoms with Crippen molar-refractivity contribution in [3.8, 4) is 5.75 Å². The smallest absolute Gasteiger partial charge is 0.262 e. The number of hydrogen-bond acceptors (Lipinski definition) is 3. The van der Waals surface area contributed by atoms with Crippen molar-refractivity contribution >= 4 is 35.1 Å². The molecule has 5 heteroatoms. The molecule has 0 atom stereocenters. The van der Waals surface area contributed by atoms with Gasteiger partial charge in [0, 0.05) is 16.9 Å². The largest absolute Gasteiger partial charge is 0.484 e. The van der Waals surface area contributed by atoms with Crippen molar-refractivity contribution in [2.75, 3.05) is 11.9 Å². The molecule has 0 saturated carbocycles. The molecule has 3 rings (SSSR count). The van der Waals surface area contributed by atoms with Crippen molar-refractivity contribution in [2.24, 2.45) is 4.99 Å². The van der Waals surface area contributed by atoms with Gasteiger partial charge in [0.25, 0.3) is 5.91 Å². The molecule has 0 spiro atoms. The third-order valence-electron chi connectivity index (χ3n) is 4.05. The molecule has 0 heterocycles. The van der Waals surface area contributed by atoms with Gasteiger partial charge in [-0.3, -0.25) is 9.79 Å². The summed E-state index contributed by atoms with van der Waals surface area (Å²) in [5, 5.41) is 3.51. The van der Waals surface area contributed by atoms with Gasteiger partial charge < -0.3 is 10.1 Å². The van der Waals surface area contributed by atoms with Crippen LogP contribution in [0.2, 0.25) is 5.02 Å². The van der Waals surface area contributed by atoms with E-state index in [1.165, 1.54) is 0 Å². The number of benzene rings is 3. The van der Waals surface area contributed by atoms with E-state index in [0.29, 0.717) is 10.8 Å². The van der Waals surface area contributed by atoms with Crippen LogP contribution in [0.4, 0.5) is 11.4 Å². The maximum Gasteiger partial charge on any atom is 0.262 e. The number of ether oxygens (including phenoxy) is 1. The van der Waals surface area contributed by atoms with Crippen molar-refractivity contribution in [3.05, 3.63) is 88.4 Å². The summed E-state index contributed by atoms with van der Waals surface area (Å²) in [7, 11) is 0. The minimum atomic E-state index is -0.209. The second-order valence-corrected chi connectivity index (χ2v) is 6.88. The summed E-state index contributed by atoms with van der Waals surface area (Å²) in [6, 6.07) is 20.7. The number of rotatable bonds is 6. The lowest BCUT2D eigenvalue weighted by Crippen LogP contribution is -2.20. The lowest BCUT2D eigenvalue weighted by Gasteiger charge is -2.08. The maximum atomic E-state index is 12.1. The molecule has 0 aromatic heterocycles. The second kappa shape index (κ2) is 9.20. The first-order valence-electron chi connectivity index (χ1n) is 8.89. The number of aliphatic imine (C=N–C) groups is 1. The lowest BCUT2D eigenvalue weighted by molar-refractivity contribution is -0.118. The summed E-state index contributed by atoms with van der Waals surface area (Å²) in [5.74, 6) is 0.393. The average molecular weight is 393 g/mol. The van der Waals surface area contributed by atoms with Crippen LogP contribution < -0.4 is 10.1 Å². The molecule has 142 valence electrons. The first kappa shape index (κ1) is 19.6. The number of hydrogen-bond donors (Lipinski definition) is 1. The Labute approximate surface area is 169 Å². The van der Waals surface area contributed by atoms with E-state index < -0.39 is 0 Å². The molecule has 0 aliphatic carbocycles. The molecular formula is C23H21ClN2O2. The predicted octanol–water partition coefficient (Wildman–Crippen LogP) is 5.72. The Balaban J connectivity index is 1.59. The van der Waals surface area contributed by atoms with Crippen LogP contribution >= 0.6 is 11.6 Å². The molecule has 3 aromatic carbocycles. The number of carbonyl (C=O) groups is 1. The van der Waals surface area contributed by atoms with E-state index in [2.05, 4.69) is 10.3 Å². The van der Waals surface area contributed by atoms with Crippen LogP contribution in [0, 0.1) is 13.8 Å². The normalized spacial score (nSPS) is 10.8. The minimum Gasteiger partial charge on any atom is -0.484 e. The fourth-order valence-electron chi connectivity index (χ4n) is 2.56. The highest BCUT2D eigenvalue weighted by Crippen LogP contribution is 2.22. The number of halogens is 1. The standard InChI is InChI=1S/C23H21ClN2O2/c1-16-5-3-7-20(11-16)26-23(27)15-28-21-8-4-6-18(12-21)14-25-19-10-9-17(2)22(24)13-19/h3-14H,15H2,1-2H3,(H,26,27).